The van der Waals surface area contributed by atoms with Gasteiger partial charge in [0.05, 0.1) is 19.4 Å². The van der Waals surface area contributed by atoms with Crippen LogP contribution in [0.25, 0.3) is 4.48 Å². The SMILES string of the molecule is COc1nc(/C(Br)=C/C2CCOC2)ccc1C1CC1. The highest BCUT2D eigenvalue weighted by molar-refractivity contribution is 9.15. The Kier molecular flexibility index (Phi) is 3.89. The van der Waals surface area contributed by atoms with Gasteiger partial charge in [-0.05, 0) is 47.2 Å². The van der Waals surface area contributed by atoms with Gasteiger partial charge in [0, 0.05) is 22.6 Å². The summed E-state index contributed by atoms with van der Waals surface area (Å²) in [6, 6.07) is 4.23. The summed E-state index contributed by atoms with van der Waals surface area (Å²) >= 11 is 3.62. The molecule has 1 aromatic heterocycles. The minimum absolute atomic E-state index is 0.491. The molecule has 102 valence electrons. The molecule has 1 aromatic rings. The number of aromatic nitrogens is 1. The molecule has 1 aliphatic heterocycles. The highest BCUT2D eigenvalue weighted by Gasteiger charge is 2.27. The van der Waals surface area contributed by atoms with E-state index in [0.717, 1.165) is 35.7 Å². The van der Waals surface area contributed by atoms with Gasteiger partial charge in [0.2, 0.25) is 5.88 Å². The second kappa shape index (κ2) is 5.63. The molecule has 2 heterocycles. The lowest BCUT2D eigenvalue weighted by atomic mass is 10.1. The molecule has 0 amide bonds. The van der Waals surface area contributed by atoms with E-state index in [1.165, 1.54) is 18.4 Å². The van der Waals surface area contributed by atoms with Crippen LogP contribution in [-0.4, -0.2) is 25.3 Å². The Bertz CT molecular complexity index is 491. The van der Waals surface area contributed by atoms with Gasteiger partial charge in [-0.25, -0.2) is 4.98 Å². The second-order valence-electron chi connectivity index (χ2n) is 5.21. The molecule has 0 bridgehead atoms. The topological polar surface area (TPSA) is 31.4 Å². The zero-order valence-electron chi connectivity index (χ0n) is 11.1. The number of hydrogen-bond donors (Lipinski definition) is 0. The third kappa shape index (κ3) is 3.00. The van der Waals surface area contributed by atoms with Crippen molar-refractivity contribution in [3.05, 3.63) is 29.5 Å². The van der Waals surface area contributed by atoms with Crippen LogP contribution in [0.5, 0.6) is 5.88 Å². The Hall–Kier alpha value is -0.870. The van der Waals surface area contributed by atoms with Crippen LogP contribution in [-0.2, 0) is 4.74 Å². The van der Waals surface area contributed by atoms with Gasteiger partial charge in [-0.3, -0.25) is 0 Å². The number of halogens is 1. The van der Waals surface area contributed by atoms with Crippen LogP contribution in [0.2, 0.25) is 0 Å². The third-order valence-corrected chi connectivity index (χ3v) is 4.36. The lowest BCUT2D eigenvalue weighted by Gasteiger charge is -2.09. The highest BCUT2D eigenvalue weighted by atomic mass is 79.9. The number of rotatable bonds is 4. The van der Waals surface area contributed by atoms with Crippen LogP contribution in [0.15, 0.2) is 18.2 Å². The van der Waals surface area contributed by atoms with E-state index in [-0.39, 0.29) is 0 Å². The zero-order valence-corrected chi connectivity index (χ0v) is 12.6. The number of ether oxygens (including phenoxy) is 2. The lowest BCUT2D eigenvalue weighted by Crippen LogP contribution is -1.98. The third-order valence-electron chi connectivity index (χ3n) is 3.69. The Morgan fingerprint density at radius 2 is 2.26 bits per heavy atom. The Morgan fingerprint density at radius 3 is 2.89 bits per heavy atom. The van der Waals surface area contributed by atoms with Gasteiger partial charge in [-0.2, -0.15) is 0 Å². The fourth-order valence-electron chi connectivity index (χ4n) is 2.43. The average Bonchev–Trinajstić information content (AvgIpc) is 3.16. The molecule has 3 rings (SSSR count). The van der Waals surface area contributed by atoms with Crippen molar-refractivity contribution < 1.29 is 9.47 Å². The maximum absolute atomic E-state index is 5.42. The molecule has 0 spiro atoms. The molecule has 2 aliphatic rings. The molecule has 1 atom stereocenters. The molecule has 3 nitrogen and oxygen atoms in total. The number of nitrogens with zero attached hydrogens (tertiary/aromatic N) is 1. The van der Waals surface area contributed by atoms with Gasteiger partial charge in [0.15, 0.2) is 0 Å². The van der Waals surface area contributed by atoms with Crippen LogP contribution in [0.3, 0.4) is 0 Å². The molecule has 1 aliphatic carbocycles. The number of hydrogen-bond acceptors (Lipinski definition) is 3. The standard InChI is InChI=1S/C15H18BrNO2/c1-18-15-12(11-2-3-11)4-5-14(17-15)13(16)8-10-6-7-19-9-10/h4-5,8,10-11H,2-3,6-7,9H2,1H3/b13-8-. The molecule has 1 saturated heterocycles. The summed E-state index contributed by atoms with van der Waals surface area (Å²) in [5, 5.41) is 0. The van der Waals surface area contributed by atoms with Crippen molar-refractivity contribution in [1.29, 1.82) is 0 Å². The largest absolute Gasteiger partial charge is 0.481 e. The van der Waals surface area contributed by atoms with E-state index in [9.17, 15) is 0 Å². The van der Waals surface area contributed by atoms with Gasteiger partial charge in [-0.1, -0.05) is 12.1 Å². The summed E-state index contributed by atoms with van der Waals surface area (Å²) in [4.78, 5) is 4.62. The van der Waals surface area contributed by atoms with Gasteiger partial charge >= 0.3 is 0 Å². The van der Waals surface area contributed by atoms with Crippen molar-refractivity contribution in [3.63, 3.8) is 0 Å². The van der Waals surface area contributed by atoms with Gasteiger partial charge in [-0.15, -0.1) is 0 Å². The summed E-state index contributed by atoms with van der Waals surface area (Å²) in [6.45, 7) is 1.67. The van der Waals surface area contributed by atoms with Crippen molar-refractivity contribution in [1.82, 2.24) is 4.98 Å². The van der Waals surface area contributed by atoms with Crippen LogP contribution < -0.4 is 4.74 Å². The van der Waals surface area contributed by atoms with Crippen molar-refractivity contribution in [2.75, 3.05) is 20.3 Å². The van der Waals surface area contributed by atoms with E-state index in [0.29, 0.717) is 11.8 Å². The van der Waals surface area contributed by atoms with Crippen molar-refractivity contribution >= 4 is 20.4 Å². The van der Waals surface area contributed by atoms with Crippen LogP contribution in [0, 0.1) is 5.92 Å². The van der Waals surface area contributed by atoms with Crippen LogP contribution >= 0.6 is 15.9 Å². The molecule has 0 N–H and O–H groups in total. The summed E-state index contributed by atoms with van der Waals surface area (Å²) < 4.78 is 11.8. The van der Waals surface area contributed by atoms with E-state index in [2.05, 4.69) is 39.1 Å². The van der Waals surface area contributed by atoms with E-state index < -0.39 is 0 Å². The molecular formula is C15H18BrNO2. The second-order valence-corrected chi connectivity index (χ2v) is 6.06. The van der Waals surface area contributed by atoms with E-state index in [4.69, 9.17) is 9.47 Å². The first-order valence-corrected chi connectivity index (χ1v) is 7.57. The fourth-order valence-corrected chi connectivity index (χ4v) is 3.02. The minimum atomic E-state index is 0.491. The summed E-state index contributed by atoms with van der Waals surface area (Å²) in [7, 11) is 1.69. The summed E-state index contributed by atoms with van der Waals surface area (Å²) in [5.41, 5.74) is 2.18. The first kappa shape index (κ1) is 13.1. The first-order chi connectivity index (χ1) is 9.28. The number of methoxy groups -OCH3 is 1. The van der Waals surface area contributed by atoms with Gasteiger partial charge < -0.3 is 9.47 Å². The van der Waals surface area contributed by atoms with E-state index in [1.54, 1.807) is 7.11 Å². The average molecular weight is 324 g/mol. The Labute approximate surface area is 122 Å². The molecule has 1 saturated carbocycles. The highest BCUT2D eigenvalue weighted by Crippen LogP contribution is 2.44. The molecule has 0 aromatic carbocycles. The quantitative estimate of drug-likeness (QED) is 0.845. The molecular weight excluding hydrogens is 306 g/mol. The predicted octanol–water partition coefficient (Wildman–Crippen LogP) is 3.74. The zero-order chi connectivity index (χ0) is 13.2. The summed E-state index contributed by atoms with van der Waals surface area (Å²) in [6.07, 6.45) is 5.81. The van der Waals surface area contributed by atoms with E-state index >= 15 is 0 Å². The molecule has 0 radical (unpaired) electrons. The maximum Gasteiger partial charge on any atom is 0.217 e. The number of pyridine rings is 1. The summed E-state index contributed by atoms with van der Waals surface area (Å²) in [5.74, 6) is 1.92. The van der Waals surface area contributed by atoms with Crippen molar-refractivity contribution in [2.24, 2.45) is 5.92 Å². The molecule has 4 heteroatoms. The van der Waals surface area contributed by atoms with Crippen LogP contribution in [0.4, 0.5) is 0 Å². The molecule has 2 fully saturated rings. The normalized spacial score (nSPS) is 23.7. The van der Waals surface area contributed by atoms with Crippen molar-refractivity contribution in [3.8, 4) is 5.88 Å². The Balaban J connectivity index is 1.83. The maximum atomic E-state index is 5.42. The van der Waals surface area contributed by atoms with Crippen molar-refractivity contribution in [2.45, 2.75) is 25.2 Å². The lowest BCUT2D eigenvalue weighted by molar-refractivity contribution is 0.191. The van der Waals surface area contributed by atoms with Gasteiger partial charge in [0.25, 0.3) is 0 Å². The minimum Gasteiger partial charge on any atom is -0.481 e. The Morgan fingerprint density at radius 1 is 1.42 bits per heavy atom. The molecule has 1 unspecified atom stereocenters. The van der Waals surface area contributed by atoms with Crippen LogP contribution in [0.1, 0.15) is 36.4 Å². The van der Waals surface area contributed by atoms with E-state index in [1.807, 2.05) is 0 Å². The monoisotopic (exact) mass is 323 g/mol. The van der Waals surface area contributed by atoms with Gasteiger partial charge in [0.1, 0.15) is 0 Å². The first-order valence-electron chi connectivity index (χ1n) is 6.78. The molecule has 19 heavy (non-hydrogen) atoms. The smallest absolute Gasteiger partial charge is 0.217 e. The predicted molar refractivity (Wildman–Crippen MR) is 78.6 cm³/mol. The fraction of sp³-hybridized carbons (Fsp3) is 0.533.